The van der Waals surface area contributed by atoms with E-state index in [0.717, 1.165) is 21.1 Å². The van der Waals surface area contributed by atoms with E-state index in [9.17, 15) is 4.79 Å². The molecule has 5 heteroatoms. The number of hydrogen-bond donors (Lipinski definition) is 1. The average molecular weight is 266 g/mol. The van der Waals surface area contributed by atoms with E-state index in [-0.39, 0.29) is 11.9 Å². The number of anilines is 1. The Kier molecular flexibility index (Phi) is 1.68. The number of halogens is 1. The molecule has 15 heavy (non-hydrogen) atoms. The molecule has 0 radical (unpaired) electrons. The van der Waals surface area contributed by atoms with Crippen molar-refractivity contribution in [1.29, 1.82) is 0 Å². The summed E-state index contributed by atoms with van der Waals surface area (Å²) in [7, 11) is 0. The maximum Gasteiger partial charge on any atom is 0.249 e. The van der Waals surface area contributed by atoms with Crippen molar-refractivity contribution in [2.45, 2.75) is 13.0 Å². The lowest BCUT2D eigenvalue weighted by Crippen LogP contribution is -2.28. The maximum atomic E-state index is 11.6. The molecule has 1 unspecified atom stereocenters. The van der Waals surface area contributed by atoms with Crippen molar-refractivity contribution in [1.82, 2.24) is 9.78 Å². The number of amides is 1. The Balaban J connectivity index is 2.43. The Bertz CT molecular complexity index is 575. The number of rotatable bonds is 0. The average Bonchev–Trinajstić information content (AvgIpc) is 2.58. The highest BCUT2D eigenvalue weighted by Gasteiger charge is 2.25. The van der Waals surface area contributed by atoms with Crippen LogP contribution >= 0.6 is 15.9 Å². The van der Waals surface area contributed by atoms with Gasteiger partial charge < -0.3 is 5.32 Å². The van der Waals surface area contributed by atoms with Crippen LogP contribution < -0.4 is 5.32 Å². The maximum absolute atomic E-state index is 11.6. The molecule has 2 heterocycles. The van der Waals surface area contributed by atoms with Crippen molar-refractivity contribution < 1.29 is 4.79 Å². The zero-order chi connectivity index (χ0) is 10.6. The van der Waals surface area contributed by atoms with Crippen LogP contribution in [-0.4, -0.2) is 15.7 Å². The Morgan fingerprint density at radius 3 is 3.13 bits per heavy atom. The van der Waals surface area contributed by atoms with Gasteiger partial charge in [0.1, 0.15) is 6.04 Å². The first kappa shape index (κ1) is 8.91. The summed E-state index contributed by atoms with van der Waals surface area (Å²) in [5.41, 5.74) is 1.81. The molecule has 1 aromatic carbocycles. The molecule has 0 aliphatic carbocycles. The van der Waals surface area contributed by atoms with Crippen LogP contribution in [0.25, 0.3) is 10.9 Å². The number of nitrogens with zero attached hydrogens (tertiary/aromatic N) is 2. The summed E-state index contributed by atoms with van der Waals surface area (Å²) in [4.78, 5) is 11.6. The molecule has 1 amide bonds. The largest absolute Gasteiger partial charge is 0.322 e. The van der Waals surface area contributed by atoms with Gasteiger partial charge in [0.05, 0.1) is 17.4 Å². The summed E-state index contributed by atoms with van der Waals surface area (Å²) in [6.45, 7) is 1.84. The van der Waals surface area contributed by atoms with Crippen LogP contribution in [0.3, 0.4) is 0 Å². The fourth-order valence-electron chi connectivity index (χ4n) is 1.89. The number of benzene rings is 1. The highest BCUT2D eigenvalue weighted by Crippen LogP contribution is 2.33. The van der Waals surface area contributed by atoms with Crippen LogP contribution in [0.4, 0.5) is 5.69 Å². The minimum atomic E-state index is -0.240. The summed E-state index contributed by atoms with van der Waals surface area (Å²) in [6, 6.07) is 3.65. The topological polar surface area (TPSA) is 46.9 Å². The number of carbonyl (C=O) groups is 1. The first-order valence-corrected chi connectivity index (χ1v) is 5.44. The zero-order valence-electron chi connectivity index (χ0n) is 7.99. The SMILES string of the molecule is CC1C(=O)Nc2cc(Br)cc3cnn1c23. The number of aromatic nitrogens is 2. The molecule has 4 nitrogen and oxygen atoms in total. The standard InChI is InChI=1S/C10H8BrN3O/c1-5-10(15)13-8-3-7(11)2-6-4-12-14(5)9(6)8/h2-5H,1H3,(H,13,15). The molecule has 0 saturated carbocycles. The lowest BCUT2D eigenvalue weighted by Gasteiger charge is -2.21. The predicted octanol–water partition coefficient (Wildman–Crippen LogP) is 2.31. The molecule has 1 atom stereocenters. The van der Waals surface area contributed by atoms with Gasteiger partial charge in [0.15, 0.2) is 0 Å². The molecule has 0 fully saturated rings. The van der Waals surface area contributed by atoms with Crippen molar-refractivity contribution in [2.75, 3.05) is 5.32 Å². The third-order valence-electron chi connectivity index (χ3n) is 2.66. The highest BCUT2D eigenvalue weighted by molar-refractivity contribution is 9.10. The summed E-state index contributed by atoms with van der Waals surface area (Å²) < 4.78 is 2.70. The second-order valence-corrected chi connectivity index (χ2v) is 4.56. The Hall–Kier alpha value is -1.36. The second kappa shape index (κ2) is 2.82. The van der Waals surface area contributed by atoms with Crippen molar-refractivity contribution in [2.24, 2.45) is 0 Å². The Morgan fingerprint density at radius 1 is 1.53 bits per heavy atom. The molecule has 76 valence electrons. The van der Waals surface area contributed by atoms with E-state index in [4.69, 9.17) is 0 Å². The van der Waals surface area contributed by atoms with Crippen LogP contribution in [0.1, 0.15) is 13.0 Å². The fraction of sp³-hybridized carbons (Fsp3) is 0.200. The highest BCUT2D eigenvalue weighted by atomic mass is 79.9. The van der Waals surface area contributed by atoms with E-state index in [1.165, 1.54) is 0 Å². The van der Waals surface area contributed by atoms with E-state index < -0.39 is 0 Å². The lowest BCUT2D eigenvalue weighted by atomic mass is 10.1. The van der Waals surface area contributed by atoms with Gasteiger partial charge in [0.2, 0.25) is 5.91 Å². The Morgan fingerprint density at radius 2 is 2.33 bits per heavy atom. The van der Waals surface area contributed by atoms with Gasteiger partial charge in [-0.15, -0.1) is 0 Å². The molecule has 3 rings (SSSR count). The van der Waals surface area contributed by atoms with Gasteiger partial charge >= 0.3 is 0 Å². The number of hydrogen-bond acceptors (Lipinski definition) is 2. The predicted molar refractivity (Wildman–Crippen MR) is 60.8 cm³/mol. The summed E-state index contributed by atoms with van der Waals surface area (Å²) >= 11 is 3.40. The minimum absolute atomic E-state index is 0.0226. The third kappa shape index (κ3) is 1.13. The van der Waals surface area contributed by atoms with Gasteiger partial charge in [0, 0.05) is 9.86 Å². The monoisotopic (exact) mass is 265 g/mol. The smallest absolute Gasteiger partial charge is 0.249 e. The van der Waals surface area contributed by atoms with Crippen LogP contribution in [0.15, 0.2) is 22.8 Å². The summed E-state index contributed by atoms with van der Waals surface area (Å²) in [5, 5.41) is 8.14. The van der Waals surface area contributed by atoms with E-state index >= 15 is 0 Å². The van der Waals surface area contributed by atoms with Gasteiger partial charge in [0.25, 0.3) is 0 Å². The lowest BCUT2D eigenvalue weighted by molar-refractivity contribution is -0.119. The van der Waals surface area contributed by atoms with Crippen LogP contribution in [0.5, 0.6) is 0 Å². The van der Waals surface area contributed by atoms with Gasteiger partial charge in [-0.2, -0.15) is 5.10 Å². The van der Waals surface area contributed by atoms with Crippen LogP contribution in [-0.2, 0) is 4.79 Å². The van der Waals surface area contributed by atoms with Gasteiger partial charge in [-0.25, -0.2) is 0 Å². The first-order chi connectivity index (χ1) is 7.16. The van der Waals surface area contributed by atoms with Gasteiger partial charge in [-0.1, -0.05) is 15.9 Å². The molecule has 0 bridgehead atoms. The van der Waals surface area contributed by atoms with Crippen molar-refractivity contribution >= 4 is 38.4 Å². The van der Waals surface area contributed by atoms with Crippen molar-refractivity contribution in [3.8, 4) is 0 Å². The van der Waals surface area contributed by atoms with Crippen molar-refractivity contribution in [3.05, 3.63) is 22.8 Å². The fourth-order valence-corrected chi connectivity index (χ4v) is 2.37. The van der Waals surface area contributed by atoms with Gasteiger partial charge in [-0.3, -0.25) is 9.48 Å². The van der Waals surface area contributed by atoms with Gasteiger partial charge in [-0.05, 0) is 19.1 Å². The molecular formula is C10H8BrN3O. The first-order valence-electron chi connectivity index (χ1n) is 4.64. The third-order valence-corrected chi connectivity index (χ3v) is 3.12. The van der Waals surface area contributed by atoms with Crippen LogP contribution in [0.2, 0.25) is 0 Å². The van der Waals surface area contributed by atoms with Crippen LogP contribution in [0, 0.1) is 0 Å². The second-order valence-electron chi connectivity index (χ2n) is 3.65. The molecule has 2 aromatic rings. The van der Waals surface area contributed by atoms with E-state index in [2.05, 4.69) is 26.3 Å². The van der Waals surface area contributed by atoms with E-state index in [1.807, 2.05) is 19.1 Å². The Labute approximate surface area is 94.4 Å². The molecule has 0 saturated heterocycles. The normalized spacial score (nSPS) is 19.3. The molecular weight excluding hydrogens is 258 g/mol. The molecule has 1 N–H and O–H groups in total. The molecule has 0 spiro atoms. The van der Waals surface area contributed by atoms with Crippen molar-refractivity contribution in [3.63, 3.8) is 0 Å². The van der Waals surface area contributed by atoms with E-state index in [1.54, 1.807) is 10.9 Å². The number of carbonyl (C=O) groups excluding carboxylic acids is 1. The molecule has 1 aromatic heterocycles. The quantitative estimate of drug-likeness (QED) is 0.795. The molecule has 1 aliphatic heterocycles. The summed E-state index contributed by atoms with van der Waals surface area (Å²) in [6.07, 6.45) is 1.78. The zero-order valence-corrected chi connectivity index (χ0v) is 9.58. The summed E-state index contributed by atoms with van der Waals surface area (Å²) in [5.74, 6) is -0.0226. The van der Waals surface area contributed by atoms with E-state index in [0.29, 0.717) is 0 Å². The molecule has 1 aliphatic rings. The minimum Gasteiger partial charge on any atom is -0.322 e. The number of nitrogens with one attached hydrogen (secondary N) is 1.